The van der Waals surface area contributed by atoms with Gasteiger partial charge in [-0.3, -0.25) is 0 Å². The van der Waals surface area contributed by atoms with Gasteiger partial charge in [0.15, 0.2) is 0 Å². The van der Waals surface area contributed by atoms with E-state index in [2.05, 4.69) is 26.9 Å². The van der Waals surface area contributed by atoms with E-state index in [1.54, 1.807) is 0 Å². The van der Waals surface area contributed by atoms with Crippen LogP contribution < -0.4 is 10.6 Å². The fourth-order valence-corrected chi connectivity index (χ4v) is 0.433. The van der Waals surface area contributed by atoms with Crippen molar-refractivity contribution in [2.75, 3.05) is 6.54 Å². The zero-order valence-electron chi connectivity index (χ0n) is 5.82. The van der Waals surface area contributed by atoms with E-state index >= 15 is 0 Å². The van der Waals surface area contributed by atoms with Crippen LogP contribution in [0.15, 0.2) is 0 Å². The molecule has 1 atom stereocenters. The van der Waals surface area contributed by atoms with Crippen molar-refractivity contribution in [2.24, 2.45) is 5.50 Å². The third-order valence-electron chi connectivity index (χ3n) is 0.394. The Morgan fingerprint density at radius 1 is 1.70 bits per heavy atom. The molecule has 64 valence electrons. The van der Waals surface area contributed by atoms with E-state index in [9.17, 15) is 0 Å². The van der Waals surface area contributed by atoms with Crippen molar-refractivity contribution in [1.29, 1.82) is 0 Å². The van der Waals surface area contributed by atoms with Crippen molar-refractivity contribution < 1.29 is 14.4 Å². The molecule has 0 aliphatic heterocycles. The van der Waals surface area contributed by atoms with Crippen molar-refractivity contribution >= 4 is 17.1 Å². The Balaban J connectivity index is 0. The van der Waals surface area contributed by atoms with Crippen LogP contribution in [-0.2, 0) is 4.57 Å². The summed E-state index contributed by atoms with van der Waals surface area (Å²) in [5.41, 5.74) is 4.02. The Morgan fingerprint density at radius 2 is 2.00 bits per heavy atom. The average molecular weight is 188 g/mol. The minimum Gasteiger partial charge on any atom is -0.313 e. The van der Waals surface area contributed by atoms with Gasteiger partial charge in [-0.25, -0.2) is 10.1 Å². The number of nitrogens with two attached hydrogens (primary N) is 1. The largest absolute Gasteiger partial charge is 0.397 e. The number of hydrogen-bond acceptors (Lipinski definition) is 2. The second-order valence-electron chi connectivity index (χ2n) is 1.54. The van der Waals surface area contributed by atoms with E-state index in [1.165, 1.54) is 6.42 Å². The van der Waals surface area contributed by atoms with Crippen LogP contribution in [0.2, 0.25) is 0 Å². The zero-order valence-corrected chi connectivity index (χ0v) is 7.87. The lowest BCUT2D eigenvalue weighted by atomic mass is 10.5. The van der Waals surface area contributed by atoms with Crippen molar-refractivity contribution in [1.82, 2.24) is 5.09 Å². The molecular weight excluding hydrogens is 174 g/mol. The van der Waals surface area contributed by atoms with E-state index in [0.29, 0.717) is 0 Å². The van der Waals surface area contributed by atoms with Gasteiger partial charge in [0, 0.05) is 0 Å². The molecule has 7 heteroatoms. The molecule has 0 aliphatic rings. The van der Waals surface area contributed by atoms with Crippen LogP contribution in [0.3, 0.4) is 0 Å². The molecule has 0 rings (SSSR count). The van der Waals surface area contributed by atoms with Crippen LogP contribution in [0.25, 0.3) is 0 Å². The summed E-state index contributed by atoms with van der Waals surface area (Å²) in [6.45, 7) is 3.24. The van der Waals surface area contributed by atoms with Gasteiger partial charge in [-0.05, 0) is 13.0 Å². The van der Waals surface area contributed by atoms with Crippen molar-refractivity contribution in [3.05, 3.63) is 0 Å². The summed E-state index contributed by atoms with van der Waals surface area (Å²) in [4.78, 5) is 14.8. The van der Waals surface area contributed by atoms with Gasteiger partial charge in [0.2, 0.25) is 0 Å². The van der Waals surface area contributed by atoms with Crippen molar-refractivity contribution in [3.63, 3.8) is 0 Å². The van der Waals surface area contributed by atoms with Gasteiger partial charge in [0.05, 0.1) is 0 Å². The minimum absolute atomic E-state index is 1.10. The molecule has 0 saturated carbocycles. The fraction of sp³-hybridized carbons (Fsp3) is 1.00. The summed E-state index contributed by atoms with van der Waals surface area (Å²) in [6.07, 6.45) is 1.21. The predicted octanol–water partition coefficient (Wildman–Crippen LogP) is -0.186. The van der Waals surface area contributed by atoms with Gasteiger partial charge in [-0.1, -0.05) is 16.3 Å². The second-order valence-corrected chi connectivity index (χ2v) is 3.13. The molecule has 0 aromatic carbocycles. The molecule has 5 nitrogen and oxygen atoms in total. The molecule has 0 bridgehead atoms. The van der Waals surface area contributed by atoms with Gasteiger partial charge >= 0.3 is 7.75 Å². The van der Waals surface area contributed by atoms with Gasteiger partial charge in [0.25, 0.3) is 0 Å². The van der Waals surface area contributed by atoms with E-state index in [0.717, 1.165) is 6.54 Å². The van der Waals surface area contributed by atoms with Crippen LogP contribution in [0, 0.1) is 0 Å². The highest BCUT2D eigenvalue weighted by atomic mass is 31.2. The third-order valence-corrected chi connectivity index (χ3v) is 0.683. The topological polar surface area (TPSA) is 95.6 Å². The van der Waals surface area contributed by atoms with Gasteiger partial charge in [0.1, 0.15) is 0 Å². The summed E-state index contributed by atoms with van der Waals surface area (Å²) in [7, 11) is -1.69. The van der Waals surface area contributed by atoms with E-state index in [-0.39, 0.29) is 0 Å². The maximum absolute atomic E-state index is 9.10. The van der Waals surface area contributed by atoms with E-state index in [1.807, 2.05) is 0 Å². The first-order valence-corrected chi connectivity index (χ1v) is 4.95. The lowest BCUT2D eigenvalue weighted by molar-refractivity contribution is 0.374. The molecule has 0 spiro atoms. The molecular formula is C3H14N2O3P2. The van der Waals surface area contributed by atoms with E-state index in [4.69, 9.17) is 14.4 Å². The lowest BCUT2D eigenvalue weighted by Crippen LogP contribution is -1.95. The minimum atomic E-state index is -4.14. The Morgan fingerprint density at radius 3 is 2.00 bits per heavy atom. The smallest absolute Gasteiger partial charge is 0.313 e. The Kier molecular flexibility index (Phi) is 9.97. The normalized spacial score (nSPS) is 10.1. The first-order valence-electron chi connectivity index (χ1n) is 2.69. The number of nitrogens with one attached hydrogen (secondary N) is 1. The van der Waals surface area contributed by atoms with E-state index < -0.39 is 7.75 Å². The van der Waals surface area contributed by atoms with Crippen LogP contribution >= 0.6 is 17.1 Å². The van der Waals surface area contributed by atoms with Gasteiger partial charge < -0.3 is 14.9 Å². The van der Waals surface area contributed by atoms with Crippen LogP contribution in [0.1, 0.15) is 13.3 Å². The molecule has 0 aliphatic carbocycles. The third kappa shape index (κ3) is 76.5. The first kappa shape index (κ1) is 13.1. The maximum atomic E-state index is 9.10. The highest BCUT2D eigenvalue weighted by Crippen LogP contribution is 2.20. The monoisotopic (exact) mass is 188 g/mol. The average Bonchev–Trinajstić information content (AvgIpc) is 1.63. The quantitative estimate of drug-likeness (QED) is 0.450. The SMILES string of the molecule is CCCNP.NP(=O)(O)O. The van der Waals surface area contributed by atoms with Crippen LogP contribution in [-0.4, -0.2) is 16.3 Å². The summed E-state index contributed by atoms with van der Waals surface area (Å²) in [5, 5.41) is 2.93. The summed E-state index contributed by atoms with van der Waals surface area (Å²) < 4.78 is 9.10. The molecule has 1 unspecified atom stereocenters. The Hall–Kier alpha value is 0.500. The van der Waals surface area contributed by atoms with Gasteiger partial charge in [-0.2, -0.15) is 0 Å². The predicted molar refractivity (Wildman–Crippen MR) is 44.2 cm³/mol. The Bertz CT molecular complexity index is 93.7. The molecule has 0 fully saturated rings. The maximum Gasteiger partial charge on any atom is 0.397 e. The van der Waals surface area contributed by atoms with Gasteiger partial charge in [-0.15, -0.1) is 0 Å². The second kappa shape index (κ2) is 7.61. The zero-order chi connectivity index (χ0) is 8.62. The molecule has 5 N–H and O–H groups in total. The standard InChI is InChI=1S/C3H10NP.H4NO3P/c1-2-3-4-5;1-5(2,3)4/h4H,2-3,5H2,1H3;(H4,1,2,3,4). The first-order chi connectivity index (χ1) is 4.41. The lowest BCUT2D eigenvalue weighted by Gasteiger charge is -1.84. The highest BCUT2D eigenvalue weighted by molar-refractivity contribution is 7.49. The molecule has 0 amide bonds. The number of hydrogen-bond donors (Lipinski definition) is 4. The fourth-order valence-electron chi connectivity index (χ4n) is 0.144. The molecule has 0 heterocycles. The van der Waals surface area contributed by atoms with Crippen LogP contribution in [0.5, 0.6) is 0 Å². The van der Waals surface area contributed by atoms with Crippen LogP contribution in [0.4, 0.5) is 0 Å². The summed E-state index contributed by atoms with van der Waals surface area (Å²) >= 11 is 0. The summed E-state index contributed by atoms with van der Waals surface area (Å²) in [5.74, 6) is 0. The summed E-state index contributed by atoms with van der Waals surface area (Å²) in [6, 6.07) is 0. The highest BCUT2D eigenvalue weighted by Gasteiger charge is 1.96. The molecule has 0 radical (unpaired) electrons. The number of rotatable bonds is 2. The molecule has 0 aromatic heterocycles. The molecule has 10 heavy (non-hydrogen) atoms. The molecule has 0 saturated heterocycles. The molecule has 0 aromatic rings. The van der Waals surface area contributed by atoms with Crippen molar-refractivity contribution in [2.45, 2.75) is 13.3 Å². The Labute approximate surface area is 62.9 Å². The van der Waals surface area contributed by atoms with Crippen molar-refractivity contribution in [3.8, 4) is 0 Å².